The molecule has 0 saturated carbocycles. The van der Waals surface area contributed by atoms with Crippen LogP contribution in [-0.4, -0.2) is 44.1 Å². The van der Waals surface area contributed by atoms with Gasteiger partial charge in [0.05, 0.1) is 33.5 Å². The van der Waals surface area contributed by atoms with Crippen molar-refractivity contribution in [3.8, 4) is 28.4 Å². The van der Waals surface area contributed by atoms with E-state index in [1.807, 2.05) is 6.07 Å². The second-order valence-corrected chi connectivity index (χ2v) is 5.15. The van der Waals surface area contributed by atoms with Crippen molar-refractivity contribution in [1.29, 1.82) is 0 Å². The highest BCUT2D eigenvalue weighted by atomic mass is 16.5. The zero-order valence-electron chi connectivity index (χ0n) is 14.3. The van der Waals surface area contributed by atoms with Gasteiger partial charge in [0, 0.05) is 0 Å². The standard InChI is InChI=1S/C19H20O6/c1-23-16-10-14(11-17(24-2)18(16)25-3)13-7-12(5-4-6-20)8-15(9-13)19(21)22/h4-5,7-11,20H,6H2,1-3H3,(H,21,22). The third kappa shape index (κ3) is 4.10. The molecule has 132 valence electrons. The van der Waals surface area contributed by atoms with Gasteiger partial charge in [-0.1, -0.05) is 12.2 Å². The number of hydrogen-bond acceptors (Lipinski definition) is 5. The highest BCUT2D eigenvalue weighted by molar-refractivity contribution is 5.91. The Morgan fingerprint density at radius 2 is 1.56 bits per heavy atom. The molecule has 2 aromatic rings. The van der Waals surface area contributed by atoms with Crippen molar-refractivity contribution < 1.29 is 29.2 Å². The van der Waals surface area contributed by atoms with Gasteiger partial charge in [-0.3, -0.25) is 0 Å². The van der Waals surface area contributed by atoms with Gasteiger partial charge < -0.3 is 24.4 Å². The molecule has 0 fully saturated rings. The monoisotopic (exact) mass is 344 g/mol. The minimum Gasteiger partial charge on any atom is -0.493 e. The molecular formula is C19H20O6. The molecule has 6 heteroatoms. The predicted molar refractivity (Wildman–Crippen MR) is 94.6 cm³/mol. The maximum absolute atomic E-state index is 11.4. The summed E-state index contributed by atoms with van der Waals surface area (Å²) in [6.07, 6.45) is 3.20. The van der Waals surface area contributed by atoms with Crippen LogP contribution >= 0.6 is 0 Å². The molecule has 6 nitrogen and oxygen atoms in total. The Kier molecular flexibility index (Phi) is 6.03. The zero-order chi connectivity index (χ0) is 18.4. The maximum Gasteiger partial charge on any atom is 0.335 e. The number of benzene rings is 2. The van der Waals surface area contributed by atoms with Crippen molar-refractivity contribution in [3.63, 3.8) is 0 Å². The largest absolute Gasteiger partial charge is 0.493 e. The fourth-order valence-electron chi connectivity index (χ4n) is 2.47. The van der Waals surface area contributed by atoms with Gasteiger partial charge >= 0.3 is 5.97 Å². The van der Waals surface area contributed by atoms with E-state index in [1.165, 1.54) is 27.4 Å². The number of carboxylic acid groups (broad SMARTS) is 1. The summed E-state index contributed by atoms with van der Waals surface area (Å²) in [6.45, 7) is -0.128. The lowest BCUT2D eigenvalue weighted by Crippen LogP contribution is -1.99. The molecule has 0 heterocycles. The number of methoxy groups -OCH3 is 3. The molecule has 2 rings (SSSR count). The summed E-state index contributed by atoms with van der Waals surface area (Å²) in [6, 6.07) is 8.43. The van der Waals surface area contributed by atoms with Gasteiger partial charge in [0.25, 0.3) is 0 Å². The molecule has 0 unspecified atom stereocenters. The van der Waals surface area contributed by atoms with Crippen LogP contribution in [0.5, 0.6) is 17.2 Å². The summed E-state index contributed by atoms with van der Waals surface area (Å²) in [5.41, 5.74) is 2.20. The summed E-state index contributed by atoms with van der Waals surface area (Å²) < 4.78 is 16.0. The smallest absolute Gasteiger partial charge is 0.335 e. The number of aliphatic hydroxyl groups is 1. The zero-order valence-corrected chi connectivity index (χ0v) is 14.3. The predicted octanol–water partition coefficient (Wildman–Crippen LogP) is 3.08. The fourth-order valence-corrected chi connectivity index (χ4v) is 2.47. The Morgan fingerprint density at radius 3 is 2.04 bits per heavy atom. The molecule has 0 bridgehead atoms. The first-order chi connectivity index (χ1) is 12.0. The lowest BCUT2D eigenvalue weighted by molar-refractivity contribution is 0.0697. The molecule has 0 radical (unpaired) electrons. The van der Waals surface area contributed by atoms with Crippen molar-refractivity contribution in [2.24, 2.45) is 0 Å². The van der Waals surface area contributed by atoms with Crippen LogP contribution in [0.15, 0.2) is 36.4 Å². The van der Waals surface area contributed by atoms with Gasteiger partial charge in [-0.2, -0.15) is 0 Å². The highest BCUT2D eigenvalue weighted by Crippen LogP contribution is 2.41. The fraction of sp³-hybridized carbons (Fsp3) is 0.211. The van der Waals surface area contributed by atoms with E-state index >= 15 is 0 Å². The van der Waals surface area contributed by atoms with E-state index in [9.17, 15) is 9.90 Å². The van der Waals surface area contributed by atoms with Crippen molar-refractivity contribution in [2.75, 3.05) is 27.9 Å². The van der Waals surface area contributed by atoms with Gasteiger partial charge in [0.2, 0.25) is 5.75 Å². The molecule has 0 saturated heterocycles. The normalized spacial score (nSPS) is 10.7. The molecular weight excluding hydrogens is 324 g/mol. The highest BCUT2D eigenvalue weighted by Gasteiger charge is 2.15. The third-order valence-corrected chi connectivity index (χ3v) is 3.62. The molecule has 0 aliphatic rings. The van der Waals surface area contributed by atoms with E-state index in [2.05, 4.69) is 0 Å². The Bertz CT molecular complexity index is 769. The van der Waals surface area contributed by atoms with Gasteiger partial charge in [0.15, 0.2) is 11.5 Å². The van der Waals surface area contributed by atoms with Crippen molar-refractivity contribution in [3.05, 3.63) is 47.5 Å². The van der Waals surface area contributed by atoms with Gasteiger partial charge in [-0.25, -0.2) is 4.79 Å². The number of aliphatic hydroxyl groups excluding tert-OH is 1. The lowest BCUT2D eigenvalue weighted by atomic mass is 9.98. The van der Waals surface area contributed by atoms with Crippen LogP contribution in [0.1, 0.15) is 15.9 Å². The van der Waals surface area contributed by atoms with E-state index < -0.39 is 5.97 Å². The van der Waals surface area contributed by atoms with Crippen LogP contribution in [0.4, 0.5) is 0 Å². The van der Waals surface area contributed by atoms with E-state index in [0.29, 0.717) is 28.4 Å². The Balaban J connectivity index is 2.66. The van der Waals surface area contributed by atoms with Gasteiger partial charge in [-0.15, -0.1) is 0 Å². The number of carboxylic acids is 1. The van der Waals surface area contributed by atoms with Crippen LogP contribution in [-0.2, 0) is 0 Å². The molecule has 0 amide bonds. The molecule has 0 aliphatic heterocycles. The first kappa shape index (κ1) is 18.4. The van der Waals surface area contributed by atoms with Crippen molar-refractivity contribution >= 4 is 12.0 Å². The Labute approximate surface area is 145 Å². The third-order valence-electron chi connectivity index (χ3n) is 3.62. The number of carbonyl (C=O) groups is 1. The summed E-state index contributed by atoms with van der Waals surface area (Å²) >= 11 is 0. The second kappa shape index (κ2) is 8.21. The van der Waals surface area contributed by atoms with E-state index in [0.717, 1.165) is 5.56 Å². The molecule has 0 spiro atoms. The van der Waals surface area contributed by atoms with Crippen LogP contribution in [0.25, 0.3) is 17.2 Å². The lowest BCUT2D eigenvalue weighted by Gasteiger charge is -2.15. The first-order valence-corrected chi connectivity index (χ1v) is 7.50. The maximum atomic E-state index is 11.4. The molecule has 0 atom stereocenters. The van der Waals surface area contributed by atoms with Crippen LogP contribution in [0.2, 0.25) is 0 Å². The van der Waals surface area contributed by atoms with Gasteiger partial charge in [0.1, 0.15) is 0 Å². The van der Waals surface area contributed by atoms with Crippen molar-refractivity contribution in [2.45, 2.75) is 0 Å². The summed E-state index contributed by atoms with van der Waals surface area (Å²) in [5, 5.41) is 18.3. The molecule has 2 N–H and O–H groups in total. The summed E-state index contributed by atoms with van der Waals surface area (Å²) in [4.78, 5) is 11.4. The van der Waals surface area contributed by atoms with Crippen LogP contribution < -0.4 is 14.2 Å². The number of hydrogen-bond donors (Lipinski definition) is 2. The Morgan fingerprint density at radius 1 is 0.960 bits per heavy atom. The second-order valence-electron chi connectivity index (χ2n) is 5.15. The first-order valence-electron chi connectivity index (χ1n) is 7.50. The van der Waals surface area contributed by atoms with E-state index in [4.69, 9.17) is 19.3 Å². The summed E-state index contributed by atoms with van der Waals surface area (Å²) in [5.74, 6) is 0.381. The average Bonchev–Trinajstić information content (AvgIpc) is 2.64. The SMILES string of the molecule is COc1cc(-c2cc(C=CCO)cc(C(=O)O)c2)cc(OC)c1OC. The minimum absolute atomic E-state index is 0.128. The molecule has 0 aliphatic carbocycles. The van der Waals surface area contributed by atoms with Crippen LogP contribution in [0, 0.1) is 0 Å². The quantitative estimate of drug-likeness (QED) is 0.803. The Hall–Kier alpha value is -2.99. The van der Waals surface area contributed by atoms with Crippen molar-refractivity contribution in [1.82, 2.24) is 0 Å². The average molecular weight is 344 g/mol. The summed E-state index contributed by atoms with van der Waals surface area (Å²) in [7, 11) is 4.55. The molecule has 0 aromatic heterocycles. The molecule has 2 aromatic carbocycles. The topological polar surface area (TPSA) is 85.2 Å². The van der Waals surface area contributed by atoms with E-state index in [1.54, 1.807) is 30.4 Å². The number of rotatable bonds is 7. The molecule has 25 heavy (non-hydrogen) atoms. The van der Waals surface area contributed by atoms with E-state index in [-0.39, 0.29) is 12.2 Å². The van der Waals surface area contributed by atoms with Crippen LogP contribution in [0.3, 0.4) is 0 Å². The number of aromatic carboxylic acids is 1. The minimum atomic E-state index is -1.03. The number of ether oxygens (including phenoxy) is 3. The van der Waals surface area contributed by atoms with Gasteiger partial charge in [-0.05, 0) is 47.0 Å².